The minimum atomic E-state index is 0.621. The van der Waals surface area contributed by atoms with E-state index in [0.29, 0.717) is 6.61 Å². The Labute approximate surface area is 183 Å². The molecule has 0 N–H and O–H groups in total. The first-order valence-corrected chi connectivity index (χ1v) is 10.7. The Balaban J connectivity index is 1.86. The van der Waals surface area contributed by atoms with Gasteiger partial charge in [0.25, 0.3) is 0 Å². The van der Waals surface area contributed by atoms with Gasteiger partial charge in [-0.2, -0.15) is 5.10 Å². The van der Waals surface area contributed by atoms with E-state index in [2.05, 4.69) is 65.3 Å². The molecular weight excluding hydrogens is 438 g/mol. The van der Waals surface area contributed by atoms with Crippen molar-refractivity contribution in [2.45, 2.75) is 13.8 Å². The smallest absolute Gasteiger partial charge is 0.120 e. The summed E-state index contributed by atoms with van der Waals surface area (Å²) in [5, 5.41) is 7.07. The number of benzene rings is 3. The molecule has 0 aliphatic carbocycles. The molecule has 5 aromatic rings. The van der Waals surface area contributed by atoms with Crippen LogP contribution in [0.1, 0.15) is 12.5 Å². The molecule has 0 saturated carbocycles. The van der Waals surface area contributed by atoms with Crippen molar-refractivity contribution in [1.82, 2.24) is 14.8 Å². The van der Waals surface area contributed by atoms with Crippen molar-refractivity contribution in [3.05, 3.63) is 83.0 Å². The van der Waals surface area contributed by atoms with Gasteiger partial charge in [-0.05, 0) is 56.3 Å². The summed E-state index contributed by atoms with van der Waals surface area (Å²) in [6.45, 7) is 4.70. The molecule has 0 bridgehead atoms. The number of nitrogens with zero attached hydrogens (tertiary/aromatic N) is 3. The number of rotatable bonds is 4. The maximum atomic E-state index is 5.77. The maximum Gasteiger partial charge on any atom is 0.120 e. The van der Waals surface area contributed by atoms with Gasteiger partial charge in [0.05, 0.1) is 23.3 Å². The van der Waals surface area contributed by atoms with Crippen LogP contribution in [0.2, 0.25) is 0 Å². The van der Waals surface area contributed by atoms with Gasteiger partial charge in [-0.1, -0.05) is 45.8 Å². The minimum Gasteiger partial charge on any atom is -0.494 e. The standard InChI is InChI=1S/C25H20BrN3O/c1-3-30-20-12-13-23-21(14-20)25-22(15-27-23)24(17-6-4-16(2)5-7-17)28-29(25)19-10-8-18(26)9-11-19/h4-15H,3H2,1-2H3. The summed E-state index contributed by atoms with van der Waals surface area (Å²) in [4.78, 5) is 4.72. The third kappa shape index (κ3) is 3.25. The van der Waals surface area contributed by atoms with Crippen molar-refractivity contribution in [3.8, 4) is 22.7 Å². The highest BCUT2D eigenvalue weighted by Crippen LogP contribution is 2.35. The van der Waals surface area contributed by atoms with Crippen LogP contribution in [0.5, 0.6) is 5.75 Å². The molecular formula is C25H20BrN3O. The molecule has 5 heteroatoms. The number of aryl methyl sites for hydroxylation is 1. The van der Waals surface area contributed by atoms with Gasteiger partial charge in [-0.25, -0.2) is 4.68 Å². The SMILES string of the molecule is CCOc1ccc2ncc3c(-c4ccc(C)cc4)nn(-c4ccc(Br)cc4)c3c2c1. The van der Waals surface area contributed by atoms with E-state index in [4.69, 9.17) is 14.8 Å². The number of pyridine rings is 1. The molecule has 0 aliphatic rings. The molecule has 2 aromatic heterocycles. The second-order valence-corrected chi connectivity index (χ2v) is 8.15. The van der Waals surface area contributed by atoms with Crippen molar-refractivity contribution in [2.24, 2.45) is 0 Å². The largest absolute Gasteiger partial charge is 0.494 e. The van der Waals surface area contributed by atoms with Gasteiger partial charge in [0.15, 0.2) is 0 Å². The third-order valence-corrected chi connectivity index (χ3v) is 5.71. The molecule has 0 saturated heterocycles. The number of hydrogen-bond acceptors (Lipinski definition) is 3. The third-order valence-electron chi connectivity index (χ3n) is 5.19. The first-order chi connectivity index (χ1) is 14.6. The van der Waals surface area contributed by atoms with Crippen molar-refractivity contribution in [1.29, 1.82) is 0 Å². The molecule has 148 valence electrons. The fraction of sp³-hybridized carbons (Fsp3) is 0.120. The molecule has 0 fully saturated rings. The van der Waals surface area contributed by atoms with Crippen molar-refractivity contribution < 1.29 is 4.74 Å². The Morgan fingerprint density at radius 2 is 1.70 bits per heavy atom. The molecule has 2 heterocycles. The van der Waals surface area contributed by atoms with E-state index in [1.54, 1.807) is 0 Å². The zero-order valence-electron chi connectivity index (χ0n) is 16.8. The Kier molecular flexibility index (Phi) is 4.75. The number of halogens is 1. The summed E-state index contributed by atoms with van der Waals surface area (Å²) >= 11 is 3.53. The quantitative estimate of drug-likeness (QED) is 0.301. The Bertz CT molecular complexity index is 1360. The number of hydrogen-bond donors (Lipinski definition) is 0. The van der Waals surface area contributed by atoms with E-state index in [0.717, 1.165) is 49.0 Å². The van der Waals surface area contributed by atoms with E-state index >= 15 is 0 Å². The average molecular weight is 458 g/mol. The molecule has 30 heavy (non-hydrogen) atoms. The van der Waals surface area contributed by atoms with E-state index in [-0.39, 0.29) is 0 Å². The van der Waals surface area contributed by atoms with E-state index < -0.39 is 0 Å². The molecule has 0 unspecified atom stereocenters. The van der Waals surface area contributed by atoms with Crippen LogP contribution in [0.4, 0.5) is 0 Å². The van der Waals surface area contributed by atoms with Crippen LogP contribution in [0.3, 0.4) is 0 Å². The van der Waals surface area contributed by atoms with Crippen molar-refractivity contribution in [3.63, 3.8) is 0 Å². The molecule has 4 nitrogen and oxygen atoms in total. The van der Waals surface area contributed by atoms with E-state index in [1.165, 1.54) is 5.56 Å². The van der Waals surface area contributed by atoms with Crippen LogP contribution in [0.15, 0.2) is 77.4 Å². The zero-order chi connectivity index (χ0) is 20.7. The van der Waals surface area contributed by atoms with Gasteiger partial charge in [-0.3, -0.25) is 4.98 Å². The monoisotopic (exact) mass is 457 g/mol. The van der Waals surface area contributed by atoms with Crippen molar-refractivity contribution >= 4 is 37.7 Å². The predicted octanol–water partition coefficient (Wildman–Crippen LogP) is 6.71. The Hall–Kier alpha value is -3.18. The summed E-state index contributed by atoms with van der Waals surface area (Å²) in [6.07, 6.45) is 1.93. The van der Waals surface area contributed by atoms with Gasteiger partial charge >= 0.3 is 0 Å². The lowest BCUT2D eigenvalue weighted by atomic mass is 10.1. The number of aromatic nitrogens is 3. The summed E-state index contributed by atoms with van der Waals surface area (Å²) in [6, 6.07) is 22.7. The Morgan fingerprint density at radius 3 is 2.43 bits per heavy atom. The maximum absolute atomic E-state index is 5.77. The molecule has 5 rings (SSSR count). The van der Waals surface area contributed by atoms with Gasteiger partial charge in [0, 0.05) is 27.0 Å². The van der Waals surface area contributed by atoms with Gasteiger partial charge < -0.3 is 4.74 Å². The second-order valence-electron chi connectivity index (χ2n) is 7.24. The molecule has 0 spiro atoms. The summed E-state index contributed by atoms with van der Waals surface area (Å²) in [5.41, 5.74) is 6.16. The predicted molar refractivity (Wildman–Crippen MR) is 125 cm³/mol. The molecule has 0 aliphatic heterocycles. The lowest BCUT2D eigenvalue weighted by Gasteiger charge is -2.08. The fourth-order valence-corrected chi connectivity index (χ4v) is 3.98. The van der Waals surface area contributed by atoms with Crippen LogP contribution in [-0.2, 0) is 0 Å². The van der Waals surface area contributed by atoms with Crippen LogP contribution in [0.25, 0.3) is 38.8 Å². The van der Waals surface area contributed by atoms with Gasteiger partial charge in [-0.15, -0.1) is 0 Å². The van der Waals surface area contributed by atoms with Crippen LogP contribution in [0, 0.1) is 6.92 Å². The summed E-state index contributed by atoms with van der Waals surface area (Å²) < 4.78 is 8.81. The zero-order valence-corrected chi connectivity index (χ0v) is 18.3. The van der Waals surface area contributed by atoms with Gasteiger partial charge in [0.1, 0.15) is 11.4 Å². The summed E-state index contributed by atoms with van der Waals surface area (Å²) in [7, 11) is 0. The Morgan fingerprint density at radius 1 is 0.933 bits per heavy atom. The summed E-state index contributed by atoms with van der Waals surface area (Å²) in [5.74, 6) is 0.833. The van der Waals surface area contributed by atoms with Crippen LogP contribution < -0.4 is 4.74 Å². The van der Waals surface area contributed by atoms with E-state index in [9.17, 15) is 0 Å². The molecule has 0 amide bonds. The number of fused-ring (bicyclic) bond motifs is 3. The first-order valence-electron chi connectivity index (χ1n) is 9.91. The van der Waals surface area contributed by atoms with Crippen LogP contribution in [-0.4, -0.2) is 21.4 Å². The normalized spacial score (nSPS) is 11.3. The average Bonchev–Trinajstić information content (AvgIpc) is 3.15. The fourth-order valence-electron chi connectivity index (χ4n) is 3.71. The highest BCUT2D eigenvalue weighted by atomic mass is 79.9. The molecule has 0 atom stereocenters. The van der Waals surface area contributed by atoms with E-state index in [1.807, 2.05) is 42.1 Å². The topological polar surface area (TPSA) is 39.9 Å². The molecule has 0 radical (unpaired) electrons. The minimum absolute atomic E-state index is 0.621. The second kappa shape index (κ2) is 7.58. The van der Waals surface area contributed by atoms with Crippen LogP contribution >= 0.6 is 15.9 Å². The lowest BCUT2D eigenvalue weighted by molar-refractivity contribution is 0.341. The first kappa shape index (κ1) is 18.8. The molecule has 3 aromatic carbocycles. The number of ether oxygens (including phenoxy) is 1. The van der Waals surface area contributed by atoms with Crippen molar-refractivity contribution in [2.75, 3.05) is 6.61 Å². The lowest BCUT2D eigenvalue weighted by Crippen LogP contribution is -1.97. The highest BCUT2D eigenvalue weighted by molar-refractivity contribution is 9.10. The highest BCUT2D eigenvalue weighted by Gasteiger charge is 2.17. The van der Waals surface area contributed by atoms with Gasteiger partial charge in [0.2, 0.25) is 0 Å².